The van der Waals surface area contributed by atoms with Gasteiger partial charge < -0.3 is 5.32 Å². The summed E-state index contributed by atoms with van der Waals surface area (Å²) in [7, 11) is 0. The first-order valence-electron chi connectivity index (χ1n) is 3.67. The van der Waals surface area contributed by atoms with Crippen LogP contribution in [0.25, 0.3) is 0 Å². The number of allylic oxidation sites excluding steroid dienone is 1. The standard InChI is InChI=1S/C9H15NO/c1-5-6-8(4)9(11)10-7(2)3/h5,7H,1,4,6H2,2-3H3,(H,10,11). The predicted molar refractivity (Wildman–Crippen MR) is 47.2 cm³/mol. The van der Waals surface area contributed by atoms with Crippen molar-refractivity contribution in [2.24, 2.45) is 0 Å². The molecule has 0 spiro atoms. The molecule has 0 unspecified atom stereocenters. The van der Waals surface area contributed by atoms with Crippen LogP contribution in [0.3, 0.4) is 0 Å². The van der Waals surface area contributed by atoms with Crippen LogP contribution in [0.15, 0.2) is 24.8 Å². The van der Waals surface area contributed by atoms with E-state index < -0.39 is 0 Å². The fourth-order valence-electron chi connectivity index (χ4n) is 0.631. The van der Waals surface area contributed by atoms with Crippen LogP contribution in [0, 0.1) is 0 Å². The summed E-state index contributed by atoms with van der Waals surface area (Å²) in [5.74, 6) is -0.0834. The predicted octanol–water partition coefficient (Wildman–Crippen LogP) is 1.64. The Morgan fingerprint density at radius 1 is 1.64 bits per heavy atom. The molecule has 0 bridgehead atoms. The summed E-state index contributed by atoms with van der Waals surface area (Å²) in [6.45, 7) is 11.0. The lowest BCUT2D eigenvalue weighted by molar-refractivity contribution is -0.118. The van der Waals surface area contributed by atoms with Crippen molar-refractivity contribution in [1.29, 1.82) is 0 Å². The number of nitrogens with one attached hydrogen (secondary N) is 1. The quantitative estimate of drug-likeness (QED) is 0.483. The third-order valence-corrected chi connectivity index (χ3v) is 1.13. The topological polar surface area (TPSA) is 29.1 Å². The molecular formula is C9H15NO. The maximum atomic E-state index is 11.1. The van der Waals surface area contributed by atoms with Crippen LogP contribution < -0.4 is 5.32 Å². The number of carbonyl (C=O) groups excluding carboxylic acids is 1. The van der Waals surface area contributed by atoms with Crippen molar-refractivity contribution in [2.45, 2.75) is 26.3 Å². The Morgan fingerprint density at radius 3 is 2.55 bits per heavy atom. The van der Waals surface area contributed by atoms with Gasteiger partial charge in [-0.25, -0.2) is 0 Å². The molecule has 0 aromatic carbocycles. The summed E-state index contributed by atoms with van der Waals surface area (Å²) in [6.07, 6.45) is 2.22. The van der Waals surface area contributed by atoms with E-state index in [-0.39, 0.29) is 11.9 Å². The lowest BCUT2D eigenvalue weighted by atomic mass is 10.2. The minimum atomic E-state index is -0.0834. The Kier molecular flexibility index (Phi) is 4.27. The number of hydrogen-bond donors (Lipinski definition) is 1. The van der Waals surface area contributed by atoms with E-state index in [1.54, 1.807) is 6.08 Å². The minimum Gasteiger partial charge on any atom is -0.350 e. The average Bonchev–Trinajstić information content (AvgIpc) is 1.86. The summed E-state index contributed by atoms with van der Waals surface area (Å²) >= 11 is 0. The van der Waals surface area contributed by atoms with Crippen LogP contribution in [0.4, 0.5) is 0 Å². The van der Waals surface area contributed by atoms with E-state index in [4.69, 9.17) is 0 Å². The van der Waals surface area contributed by atoms with Crippen LogP contribution in [0.2, 0.25) is 0 Å². The first-order valence-corrected chi connectivity index (χ1v) is 3.67. The molecule has 62 valence electrons. The summed E-state index contributed by atoms with van der Waals surface area (Å²) in [6, 6.07) is 0.170. The Bertz CT molecular complexity index is 170. The molecule has 11 heavy (non-hydrogen) atoms. The Hall–Kier alpha value is -1.05. The number of rotatable bonds is 4. The number of hydrogen-bond acceptors (Lipinski definition) is 1. The van der Waals surface area contributed by atoms with Crippen LogP contribution in [0.1, 0.15) is 20.3 Å². The van der Waals surface area contributed by atoms with Crippen molar-refractivity contribution in [2.75, 3.05) is 0 Å². The van der Waals surface area contributed by atoms with Gasteiger partial charge in [0.15, 0.2) is 0 Å². The van der Waals surface area contributed by atoms with Crippen LogP contribution >= 0.6 is 0 Å². The van der Waals surface area contributed by atoms with Gasteiger partial charge in [0.05, 0.1) is 0 Å². The average molecular weight is 153 g/mol. The van der Waals surface area contributed by atoms with Crippen molar-refractivity contribution < 1.29 is 4.79 Å². The van der Waals surface area contributed by atoms with Crippen molar-refractivity contribution in [3.63, 3.8) is 0 Å². The zero-order valence-electron chi connectivity index (χ0n) is 7.18. The molecule has 0 atom stereocenters. The van der Waals surface area contributed by atoms with E-state index in [2.05, 4.69) is 18.5 Å². The van der Waals surface area contributed by atoms with Gasteiger partial charge in [-0.2, -0.15) is 0 Å². The molecule has 0 radical (unpaired) electrons. The van der Waals surface area contributed by atoms with Gasteiger partial charge in [-0.1, -0.05) is 12.7 Å². The number of carbonyl (C=O) groups is 1. The molecule has 0 aliphatic carbocycles. The van der Waals surface area contributed by atoms with E-state index in [0.29, 0.717) is 12.0 Å². The van der Waals surface area contributed by atoms with Gasteiger partial charge in [-0.15, -0.1) is 6.58 Å². The smallest absolute Gasteiger partial charge is 0.247 e. The van der Waals surface area contributed by atoms with Gasteiger partial charge >= 0.3 is 0 Å². The van der Waals surface area contributed by atoms with E-state index in [0.717, 1.165) is 0 Å². The van der Waals surface area contributed by atoms with E-state index in [1.165, 1.54) is 0 Å². The molecule has 0 rings (SSSR count). The Morgan fingerprint density at radius 2 is 2.18 bits per heavy atom. The van der Waals surface area contributed by atoms with E-state index in [1.807, 2.05) is 13.8 Å². The first kappa shape index (κ1) is 9.95. The molecule has 0 heterocycles. The third kappa shape index (κ3) is 4.37. The summed E-state index contributed by atoms with van der Waals surface area (Å²) < 4.78 is 0. The van der Waals surface area contributed by atoms with Crippen molar-refractivity contribution in [3.05, 3.63) is 24.8 Å². The summed E-state index contributed by atoms with van der Waals surface area (Å²) in [4.78, 5) is 11.1. The zero-order valence-corrected chi connectivity index (χ0v) is 7.18. The van der Waals surface area contributed by atoms with Gasteiger partial charge in [0.1, 0.15) is 0 Å². The largest absolute Gasteiger partial charge is 0.350 e. The van der Waals surface area contributed by atoms with Crippen LogP contribution in [-0.2, 0) is 4.79 Å². The maximum absolute atomic E-state index is 11.1. The Labute approximate surface area is 68.0 Å². The molecule has 0 aliphatic heterocycles. The molecule has 0 aromatic rings. The lowest BCUT2D eigenvalue weighted by Crippen LogP contribution is -2.30. The highest BCUT2D eigenvalue weighted by atomic mass is 16.1. The minimum absolute atomic E-state index is 0.0834. The third-order valence-electron chi connectivity index (χ3n) is 1.13. The molecule has 0 saturated carbocycles. The van der Waals surface area contributed by atoms with Crippen molar-refractivity contribution >= 4 is 5.91 Å². The zero-order chi connectivity index (χ0) is 8.85. The van der Waals surface area contributed by atoms with Crippen LogP contribution in [-0.4, -0.2) is 11.9 Å². The molecule has 0 aliphatic rings. The second-order valence-corrected chi connectivity index (χ2v) is 2.72. The van der Waals surface area contributed by atoms with Gasteiger partial charge in [-0.05, 0) is 20.3 Å². The lowest BCUT2D eigenvalue weighted by Gasteiger charge is -2.08. The first-order chi connectivity index (χ1) is 5.07. The van der Waals surface area contributed by atoms with Crippen molar-refractivity contribution in [1.82, 2.24) is 5.32 Å². The molecule has 0 aromatic heterocycles. The second-order valence-electron chi connectivity index (χ2n) is 2.72. The van der Waals surface area contributed by atoms with Crippen LogP contribution in [0.5, 0.6) is 0 Å². The van der Waals surface area contributed by atoms with E-state index >= 15 is 0 Å². The molecule has 2 heteroatoms. The molecule has 1 amide bonds. The SMILES string of the molecule is C=CCC(=C)C(=O)NC(C)C. The van der Waals surface area contributed by atoms with E-state index in [9.17, 15) is 4.79 Å². The highest BCUT2D eigenvalue weighted by Gasteiger charge is 2.04. The summed E-state index contributed by atoms with van der Waals surface area (Å²) in [5, 5.41) is 2.74. The van der Waals surface area contributed by atoms with Gasteiger partial charge in [-0.3, -0.25) is 4.79 Å². The highest BCUT2D eigenvalue weighted by Crippen LogP contribution is 1.98. The molecule has 1 N–H and O–H groups in total. The van der Waals surface area contributed by atoms with Gasteiger partial charge in [0, 0.05) is 11.6 Å². The monoisotopic (exact) mass is 153 g/mol. The highest BCUT2D eigenvalue weighted by molar-refractivity contribution is 5.93. The maximum Gasteiger partial charge on any atom is 0.247 e. The molecule has 2 nitrogen and oxygen atoms in total. The fourth-order valence-corrected chi connectivity index (χ4v) is 0.631. The molecule has 0 saturated heterocycles. The number of amides is 1. The van der Waals surface area contributed by atoms with Crippen molar-refractivity contribution in [3.8, 4) is 0 Å². The normalized spacial score (nSPS) is 9.36. The molecular weight excluding hydrogens is 138 g/mol. The van der Waals surface area contributed by atoms with Gasteiger partial charge in [0.2, 0.25) is 5.91 Å². The summed E-state index contributed by atoms with van der Waals surface area (Å²) in [5.41, 5.74) is 0.564. The second kappa shape index (κ2) is 4.72. The fraction of sp³-hybridized carbons (Fsp3) is 0.444. The molecule has 0 fully saturated rings. The Balaban J connectivity index is 3.83. The van der Waals surface area contributed by atoms with Gasteiger partial charge in [0.25, 0.3) is 0 Å².